The lowest BCUT2D eigenvalue weighted by molar-refractivity contribution is 0.0848. The minimum absolute atomic E-state index is 0.129. The van der Waals surface area contributed by atoms with Crippen LogP contribution in [0.5, 0.6) is 17.2 Å². The fourth-order valence-electron chi connectivity index (χ4n) is 3.28. The van der Waals surface area contributed by atoms with Gasteiger partial charge in [0.25, 0.3) is 0 Å². The minimum atomic E-state index is -0.129. The van der Waals surface area contributed by atoms with E-state index in [1.807, 2.05) is 24.3 Å². The van der Waals surface area contributed by atoms with Crippen LogP contribution in [0.15, 0.2) is 40.8 Å². The number of rotatable bonds is 3. The van der Waals surface area contributed by atoms with E-state index in [9.17, 15) is 0 Å². The second-order valence-electron chi connectivity index (χ2n) is 7.07. The van der Waals surface area contributed by atoms with Crippen LogP contribution in [0.2, 0.25) is 0 Å². The highest BCUT2D eigenvalue weighted by Gasteiger charge is 2.27. The zero-order valence-corrected chi connectivity index (χ0v) is 15.0. The van der Waals surface area contributed by atoms with Gasteiger partial charge in [0.05, 0.1) is 14.2 Å². The molecule has 0 bridgehead atoms. The van der Waals surface area contributed by atoms with Crippen LogP contribution in [0.3, 0.4) is 0 Å². The van der Waals surface area contributed by atoms with Gasteiger partial charge in [-0.1, -0.05) is 0 Å². The molecule has 0 saturated heterocycles. The Balaban J connectivity index is 1.80. The third-order valence-corrected chi connectivity index (χ3v) is 4.72. The molecule has 0 atom stereocenters. The molecule has 25 heavy (non-hydrogen) atoms. The van der Waals surface area contributed by atoms with E-state index in [1.165, 1.54) is 5.56 Å². The Bertz CT molecular complexity index is 914. The summed E-state index contributed by atoms with van der Waals surface area (Å²) in [5.41, 5.74) is 2.86. The van der Waals surface area contributed by atoms with Gasteiger partial charge in [0, 0.05) is 23.1 Å². The van der Waals surface area contributed by atoms with Gasteiger partial charge in [-0.2, -0.15) is 0 Å². The normalized spacial score (nSPS) is 15.5. The highest BCUT2D eigenvalue weighted by atomic mass is 16.5. The van der Waals surface area contributed by atoms with E-state index in [0.717, 1.165) is 52.4 Å². The number of hydrogen-bond donors (Lipinski definition) is 0. The van der Waals surface area contributed by atoms with Gasteiger partial charge in [-0.05, 0) is 56.5 Å². The van der Waals surface area contributed by atoms with Crippen molar-refractivity contribution < 1.29 is 18.6 Å². The Hall–Kier alpha value is -2.62. The van der Waals surface area contributed by atoms with Crippen LogP contribution in [-0.2, 0) is 6.42 Å². The third kappa shape index (κ3) is 2.93. The third-order valence-electron chi connectivity index (χ3n) is 4.72. The minimum Gasteiger partial charge on any atom is -0.497 e. The SMILES string of the molecule is COc1cc(OC)cc(-c2cc3cc4c(cc3o2)OC(C)(C)CC4)c1. The molecule has 0 radical (unpaired) electrons. The van der Waals surface area contributed by atoms with Crippen molar-refractivity contribution in [3.05, 3.63) is 42.0 Å². The Morgan fingerprint density at radius 2 is 1.64 bits per heavy atom. The fourth-order valence-corrected chi connectivity index (χ4v) is 3.28. The number of hydrogen-bond acceptors (Lipinski definition) is 4. The van der Waals surface area contributed by atoms with Crippen molar-refractivity contribution in [1.82, 2.24) is 0 Å². The fraction of sp³-hybridized carbons (Fsp3) is 0.333. The standard InChI is InChI=1S/C21H22O4/c1-21(2)6-5-13-7-14-10-18(24-19(14)12-20(13)25-21)15-8-16(22-3)11-17(9-15)23-4/h7-12H,5-6H2,1-4H3. The monoisotopic (exact) mass is 338 g/mol. The molecule has 4 nitrogen and oxygen atoms in total. The van der Waals surface area contributed by atoms with E-state index in [0.29, 0.717) is 0 Å². The van der Waals surface area contributed by atoms with Crippen molar-refractivity contribution in [1.29, 1.82) is 0 Å². The Kier molecular flexibility index (Phi) is 3.64. The molecular formula is C21H22O4. The molecular weight excluding hydrogens is 316 g/mol. The average Bonchev–Trinajstić information content (AvgIpc) is 3.01. The first-order valence-electron chi connectivity index (χ1n) is 8.46. The van der Waals surface area contributed by atoms with E-state index >= 15 is 0 Å². The number of fused-ring (bicyclic) bond motifs is 2. The molecule has 2 heterocycles. The molecule has 0 fully saturated rings. The average molecular weight is 338 g/mol. The maximum atomic E-state index is 6.12. The maximum absolute atomic E-state index is 6.12. The molecule has 0 saturated carbocycles. The molecule has 0 amide bonds. The summed E-state index contributed by atoms with van der Waals surface area (Å²) in [5, 5.41) is 1.08. The van der Waals surface area contributed by atoms with Crippen molar-refractivity contribution in [3.8, 4) is 28.6 Å². The first-order chi connectivity index (χ1) is 12.0. The molecule has 1 aliphatic rings. The van der Waals surface area contributed by atoms with Gasteiger partial charge in [-0.15, -0.1) is 0 Å². The zero-order valence-electron chi connectivity index (χ0n) is 15.0. The molecule has 1 aliphatic heterocycles. The molecule has 0 unspecified atom stereocenters. The smallest absolute Gasteiger partial charge is 0.138 e. The molecule has 2 aromatic carbocycles. The van der Waals surface area contributed by atoms with Crippen LogP contribution >= 0.6 is 0 Å². The summed E-state index contributed by atoms with van der Waals surface area (Å²) in [7, 11) is 3.29. The Morgan fingerprint density at radius 1 is 0.920 bits per heavy atom. The summed E-state index contributed by atoms with van der Waals surface area (Å²) in [5.74, 6) is 3.18. The van der Waals surface area contributed by atoms with Gasteiger partial charge in [0.15, 0.2) is 0 Å². The largest absolute Gasteiger partial charge is 0.497 e. The van der Waals surface area contributed by atoms with Crippen LogP contribution in [0.4, 0.5) is 0 Å². The summed E-state index contributed by atoms with van der Waals surface area (Å²) >= 11 is 0. The van der Waals surface area contributed by atoms with Gasteiger partial charge in [0.1, 0.15) is 34.2 Å². The van der Waals surface area contributed by atoms with E-state index in [1.54, 1.807) is 14.2 Å². The molecule has 4 heteroatoms. The first kappa shape index (κ1) is 15.9. The summed E-state index contributed by atoms with van der Waals surface area (Å²) in [6, 6.07) is 12.0. The second-order valence-corrected chi connectivity index (χ2v) is 7.07. The topological polar surface area (TPSA) is 40.8 Å². The Morgan fingerprint density at radius 3 is 2.32 bits per heavy atom. The predicted octanol–water partition coefficient (Wildman–Crippen LogP) is 5.22. The van der Waals surface area contributed by atoms with Crippen molar-refractivity contribution in [2.75, 3.05) is 14.2 Å². The quantitative estimate of drug-likeness (QED) is 0.656. The molecule has 3 aromatic rings. The van der Waals surface area contributed by atoms with Crippen LogP contribution in [0, 0.1) is 0 Å². The summed E-state index contributed by atoms with van der Waals surface area (Å²) in [6.07, 6.45) is 2.04. The lowest BCUT2D eigenvalue weighted by Crippen LogP contribution is -2.32. The van der Waals surface area contributed by atoms with Crippen LogP contribution in [0.25, 0.3) is 22.3 Å². The predicted molar refractivity (Wildman–Crippen MR) is 97.8 cm³/mol. The number of aryl methyl sites for hydroxylation is 1. The van der Waals surface area contributed by atoms with Crippen molar-refractivity contribution >= 4 is 11.0 Å². The zero-order chi connectivity index (χ0) is 17.6. The summed E-state index contributed by atoms with van der Waals surface area (Å²) < 4.78 is 22.9. The van der Waals surface area contributed by atoms with Gasteiger partial charge < -0.3 is 18.6 Å². The first-order valence-corrected chi connectivity index (χ1v) is 8.46. The van der Waals surface area contributed by atoms with Crippen LogP contribution < -0.4 is 14.2 Å². The highest BCUT2D eigenvalue weighted by Crippen LogP contribution is 2.39. The molecule has 130 valence electrons. The summed E-state index contributed by atoms with van der Waals surface area (Å²) in [6.45, 7) is 4.24. The molecule has 0 N–H and O–H groups in total. The van der Waals surface area contributed by atoms with Crippen molar-refractivity contribution in [2.45, 2.75) is 32.3 Å². The number of benzene rings is 2. The van der Waals surface area contributed by atoms with E-state index in [-0.39, 0.29) is 5.60 Å². The molecule has 1 aromatic heterocycles. The number of ether oxygens (including phenoxy) is 3. The highest BCUT2D eigenvalue weighted by molar-refractivity contribution is 5.85. The number of furan rings is 1. The van der Waals surface area contributed by atoms with Crippen LogP contribution in [0.1, 0.15) is 25.8 Å². The van der Waals surface area contributed by atoms with E-state index in [4.69, 9.17) is 18.6 Å². The van der Waals surface area contributed by atoms with Crippen molar-refractivity contribution in [2.24, 2.45) is 0 Å². The van der Waals surface area contributed by atoms with E-state index in [2.05, 4.69) is 26.0 Å². The summed E-state index contributed by atoms with van der Waals surface area (Å²) in [4.78, 5) is 0. The number of methoxy groups -OCH3 is 2. The van der Waals surface area contributed by atoms with Crippen LogP contribution in [-0.4, -0.2) is 19.8 Å². The van der Waals surface area contributed by atoms with Crippen molar-refractivity contribution in [3.63, 3.8) is 0 Å². The van der Waals surface area contributed by atoms with Gasteiger partial charge in [-0.25, -0.2) is 0 Å². The second kappa shape index (κ2) is 5.73. The van der Waals surface area contributed by atoms with Gasteiger partial charge in [-0.3, -0.25) is 0 Å². The molecule has 0 aliphatic carbocycles. The lowest BCUT2D eigenvalue weighted by Gasteiger charge is -2.32. The van der Waals surface area contributed by atoms with E-state index < -0.39 is 0 Å². The Labute approximate surface area is 147 Å². The maximum Gasteiger partial charge on any atom is 0.138 e. The van der Waals surface area contributed by atoms with Gasteiger partial charge >= 0.3 is 0 Å². The molecule has 0 spiro atoms. The molecule has 4 rings (SSSR count). The lowest BCUT2D eigenvalue weighted by atomic mass is 9.94. The van der Waals surface area contributed by atoms with Gasteiger partial charge in [0.2, 0.25) is 0 Å².